The van der Waals surface area contributed by atoms with Gasteiger partial charge in [0.2, 0.25) is 0 Å². The van der Waals surface area contributed by atoms with Crippen molar-refractivity contribution < 1.29 is 14.3 Å². The second-order valence-corrected chi connectivity index (χ2v) is 6.07. The molecule has 2 aromatic rings. The molecule has 0 spiro atoms. The maximum Gasteiger partial charge on any atom is 0.260 e. The normalized spacial score (nSPS) is 15.2. The topological polar surface area (TPSA) is 67.5 Å². The summed E-state index contributed by atoms with van der Waals surface area (Å²) in [5, 5.41) is 6.97. The van der Waals surface area contributed by atoms with E-state index in [2.05, 4.69) is 10.2 Å². The highest BCUT2D eigenvalue weighted by atomic mass is 16.5. The molecule has 1 fully saturated rings. The number of amides is 1. The van der Waals surface area contributed by atoms with Gasteiger partial charge in [0.25, 0.3) is 5.91 Å². The second kappa shape index (κ2) is 7.49. The van der Waals surface area contributed by atoms with E-state index in [1.54, 1.807) is 11.1 Å². The van der Waals surface area contributed by atoms with Crippen molar-refractivity contribution in [1.29, 1.82) is 0 Å². The van der Waals surface area contributed by atoms with Crippen LogP contribution in [0.3, 0.4) is 0 Å². The molecule has 1 aliphatic heterocycles. The second-order valence-electron chi connectivity index (χ2n) is 6.07. The first-order chi connectivity index (χ1) is 11.6. The maximum absolute atomic E-state index is 12.3. The molecule has 6 nitrogen and oxygen atoms in total. The van der Waals surface area contributed by atoms with Crippen molar-refractivity contribution in [2.75, 3.05) is 26.9 Å². The first-order valence-corrected chi connectivity index (χ1v) is 8.22. The summed E-state index contributed by atoms with van der Waals surface area (Å²) in [6.07, 6.45) is 3.56. The molecule has 24 heavy (non-hydrogen) atoms. The van der Waals surface area contributed by atoms with Crippen molar-refractivity contribution in [3.63, 3.8) is 0 Å². The number of hydrogen-bond donors (Lipinski definition) is 1. The molecule has 0 unspecified atom stereocenters. The number of H-pyrrole nitrogens is 1. The molecule has 1 saturated heterocycles. The number of hydrogen-bond acceptors (Lipinski definition) is 4. The fraction of sp³-hybridized carbons (Fsp3) is 0.444. The Hall–Kier alpha value is -2.34. The van der Waals surface area contributed by atoms with E-state index in [4.69, 9.17) is 9.47 Å². The van der Waals surface area contributed by atoms with Gasteiger partial charge in [0.15, 0.2) is 6.61 Å². The van der Waals surface area contributed by atoms with Crippen LogP contribution in [0.4, 0.5) is 0 Å². The number of nitrogens with zero attached hydrogens (tertiary/aromatic N) is 2. The molecule has 1 aromatic carbocycles. The molecule has 128 valence electrons. The molecule has 0 aliphatic carbocycles. The van der Waals surface area contributed by atoms with Crippen LogP contribution in [-0.2, 0) is 9.53 Å². The molecular formula is C18H23N3O3. The Kier molecular flexibility index (Phi) is 5.15. The first-order valence-electron chi connectivity index (χ1n) is 8.22. The quantitative estimate of drug-likeness (QED) is 0.915. The van der Waals surface area contributed by atoms with Gasteiger partial charge in [0, 0.05) is 37.6 Å². The van der Waals surface area contributed by atoms with Crippen LogP contribution in [0.25, 0.3) is 11.1 Å². The predicted octanol–water partition coefficient (Wildman–Crippen LogP) is 2.40. The molecule has 3 rings (SSSR count). The molecule has 0 atom stereocenters. The van der Waals surface area contributed by atoms with Crippen molar-refractivity contribution in [1.82, 2.24) is 15.1 Å². The minimum atomic E-state index is -0.00760. The third-order valence-corrected chi connectivity index (χ3v) is 4.47. The van der Waals surface area contributed by atoms with E-state index < -0.39 is 0 Å². The van der Waals surface area contributed by atoms with Gasteiger partial charge in [0.1, 0.15) is 5.75 Å². The van der Waals surface area contributed by atoms with Gasteiger partial charge in [-0.25, -0.2) is 0 Å². The van der Waals surface area contributed by atoms with Gasteiger partial charge in [-0.15, -0.1) is 0 Å². The standard InChI is InChI=1S/C18H23N3O3/c1-13-17(11-19-20-13)14-4-3-5-16(10-14)24-12-18(22)21(2)15-6-8-23-9-7-15/h3-5,10-11,15H,6-9,12H2,1-2H3,(H,19,20). The number of likely N-dealkylation sites (N-methyl/N-ethyl adjacent to an activating group) is 1. The van der Waals surface area contributed by atoms with E-state index in [0.717, 1.165) is 42.9 Å². The third kappa shape index (κ3) is 3.76. The Balaban J connectivity index is 1.60. The fourth-order valence-electron chi connectivity index (χ4n) is 2.92. The van der Waals surface area contributed by atoms with Crippen molar-refractivity contribution in [2.45, 2.75) is 25.8 Å². The minimum Gasteiger partial charge on any atom is -0.484 e. The molecule has 2 heterocycles. The predicted molar refractivity (Wildman–Crippen MR) is 90.9 cm³/mol. The number of ether oxygens (including phenoxy) is 2. The Morgan fingerprint density at radius 3 is 2.92 bits per heavy atom. The van der Waals surface area contributed by atoms with Gasteiger partial charge in [-0.3, -0.25) is 9.89 Å². The monoisotopic (exact) mass is 329 g/mol. The van der Waals surface area contributed by atoms with Gasteiger partial charge in [-0.1, -0.05) is 12.1 Å². The summed E-state index contributed by atoms with van der Waals surface area (Å²) < 4.78 is 11.0. The van der Waals surface area contributed by atoms with Gasteiger partial charge in [-0.05, 0) is 37.5 Å². The van der Waals surface area contributed by atoms with Crippen LogP contribution in [0, 0.1) is 6.92 Å². The van der Waals surface area contributed by atoms with Gasteiger partial charge in [0.05, 0.1) is 6.20 Å². The summed E-state index contributed by atoms with van der Waals surface area (Å²) >= 11 is 0. The zero-order valence-corrected chi connectivity index (χ0v) is 14.1. The summed E-state index contributed by atoms with van der Waals surface area (Å²) in [4.78, 5) is 14.1. The number of aromatic nitrogens is 2. The van der Waals surface area contributed by atoms with Crippen LogP contribution in [0.1, 0.15) is 18.5 Å². The van der Waals surface area contributed by atoms with Crippen molar-refractivity contribution in [3.8, 4) is 16.9 Å². The van der Waals surface area contributed by atoms with Crippen molar-refractivity contribution >= 4 is 5.91 Å². The molecule has 1 amide bonds. The number of carbonyl (C=O) groups excluding carboxylic acids is 1. The molecule has 1 aliphatic rings. The highest BCUT2D eigenvalue weighted by molar-refractivity contribution is 5.78. The molecule has 0 saturated carbocycles. The van der Waals surface area contributed by atoms with E-state index in [1.165, 1.54) is 0 Å². The summed E-state index contributed by atoms with van der Waals surface area (Å²) in [5.41, 5.74) is 3.05. The molecule has 0 bridgehead atoms. The lowest BCUT2D eigenvalue weighted by molar-refractivity contribution is -0.135. The highest BCUT2D eigenvalue weighted by Crippen LogP contribution is 2.25. The number of benzene rings is 1. The molecule has 1 N–H and O–H groups in total. The summed E-state index contributed by atoms with van der Waals surface area (Å²) in [7, 11) is 1.84. The van der Waals surface area contributed by atoms with E-state index in [1.807, 2.05) is 38.2 Å². The maximum atomic E-state index is 12.3. The van der Waals surface area contributed by atoms with Crippen LogP contribution < -0.4 is 4.74 Å². The lowest BCUT2D eigenvalue weighted by Crippen LogP contribution is -2.42. The summed E-state index contributed by atoms with van der Waals surface area (Å²) in [6, 6.07) is 7.96. The molecule has 1 aromatic heterocycles. The van der Waals surface area contributed by atoms with Gasteiger partial charge >= 0.3 is 0 Å². The summed E-state index contributed by atoms with van der Waals surface area (Å²) in [5.74, 6) is 0.675. The lowest BCUT2D eigenvalue weighted by Gasteiger charge is -2.31. The van der Waals surface area contributed by atoms with Crippen LogP contribution in [-0.4, -0.2) is 53.9 Å². The Bertz CT molecular complexity index is 692. The average Bonchev–Trinajstić information content (AvgIpc) is 3.06. The van der Waals surface area contributed by atoms with Crippen molar-refractivity contribution in [2.24, 2.45) is 0 Å². The largest absolute Gasteiger partial charge is 0.484 e. The number of aryl methyl sites for hydroxylation is 1. The van der Waals surface area contributed by atoms with Crippen LogP contribution in [0.5, 0.6) is 5.75 Å². The zero-order valence-electron chi connectivity index (χ0n) is 14.1. The van der Waals surface area contributed by atoms with Crippen LogP contribution >= 0.6 is 0 Å². The first kappa shape index (κ1) is 16.5. The van der Waals surface area contributed by atoms with E-state index in [-0.39, 0.29) is 18.6 Å². The molecule has 0 radical (unpaired) electrons. The number of aromatic amines is 1. The average molecular weight is 329 g/mol. The number of rotatable bonds is 5. The van der Waals surface area contributed by atoms with E-state index in [0.29, 0.717) is 5.75 Å². The smallest absolute Gasteiger partial charge is 0.260 e. The lowest BCUT2D eigenvalue weighted by atomic mass is 10.1. The van der Waals surface area contributed by atoms with Crippen LogP contribution in [0.2, 0.25) is 0 Å². The third-order valence-electron chi connectivity index (χ3n) is 4.47. The zero-order chi connectivity index (χ0) is 16.9. The van der Waals surface area contributed by atoms with Crippen molar-refractivity contribution in [3.05, 3.63) is 36.2 Å². The van der Waals surface area contributed by atoms with E-state index >= 15 is 0 Å². The van der Waals surface area contributed by atoms with Crippen LogP contribution in [0.15, 0.2) is 30.5 Å². The Morgan fingerprint density at radius 1 is 1.42 bits per heavy atom. The summed E-state index contributed by atoms with van der Waals surface area (Å²) in [6.45, 7) is 3.45. The number of carbonyl (C=O) groups is 1. The Labute approximate surface area is 141 Å². The Morgan fingerprint density at radius 2 is 2.21 bits per heavy atom. The fourth-order valence-corrected chi connectivity index (χ4v) is 2.92. The SMILES string of the molecule is Cc1[nH]ncc1-c1cccc(OCC(=O)N(C)C2CCOCC2)c1. The number of nitrogens with one attached hydrogen (secondary N) is 1. The highest BCUT2D eigenvalue weighted by Gasteiger charge is 2.22. The van der Waals surface area contributed by atoms with Gasteiger partial charge < -0.3 is 14.4 Å². The molecule has 6 heteroatoms. The molecular weight excluding hydrogens is 306 g/mol. The van der Waals surface area contributed by atoms with Gasteiger partial charge in [-0.2, -0.15) is 5.10 Å². The van der Waals surface area contributed by atoms with E-state index in [9.17, 15) is 4.79 Å². The minimum absolute atomic E-state index is 0.00760.